The fourth-order valence-electron chi connectivity index (χ4n) is 1.34. The molecule has 5 nitrogen and oxygen atoms in total. The molecule has 88 valence electrons. The van der Waals surface area contributed by atoms with Gasteiger partial charge in [-0.05, 0) is 24.1 Å². The molecule has 2 unspecified atom stereocenters. The molecule has 0 amide bonds. The van der Waals surface area contributed by atoms with Crippen molar-refractivity contribution in [3.05, 3.63) is 29.8 Å². The monoisotopic (exact) mass is 224 g/mol. The number of ether oxygens (including phenoxy) is 1. The molecular weight excluding hydrogens is 208 g/mol. The second-order valence-corrected chi connectivity index (χ2v) is 3.58. The summed E-state index contributed by atoms with van der Waals surface area (Å²) < 4.78 is 5.01. The molecular formula is C11H16N2O3. The largest absolute Gasteiger partial charge is 0.497 e. The van der Waals surface area contributed by atoms with Crippen molar-refractivity contribution in [1.82, 2.24) is 0 Å². The van der Waals surface area contributed by atoms with Gasteiger partial charge in [0.2, 0.25) is 0 Å². The average molecular weight is 224 g/mol. The van der Waals surface area contributed by atoms with E-state index in [0.29, 0.717) is 6.42 Å². The van der Waals surface area contributed by atoms with E-state index in [9.17, 15) is 4.79 Å². The number of hydrogen-bond acceptors (Lipinski definition) is 4. The van der Waals surface area contributed by atoms with Gasteiger partial charge in [0.25, 0.3) is 0 Å². The maximum absolute atomic E-state index is 10.6. The van der Waals surface area contributed by atoms with Crippen LogP contribution in [0.25, 0.3) is 0 Å². The molecule has 1 aromatic carbocycles. The Balaban J connectivity index is 2.62. The molecule has 1 rings (SSSR count). The fraction of sp³-hybridized carbons (Fsp3) is 0.364. The highest BCUT2D eigenvalue weighted by Crippen LogP contribution is 2.12. The maximum Gasteiger partial charge on any atom is 0.322 e. The summed E-state index contributed by atoms with van der Waals surface area (Å²) in [4.78, 5) is 10.6. The van der Waals surface area contributed by atoms with E-state index in [1.54, 1.807) is 19.2 Å². The Morgan fingerprint density at radius 3 is 2.38 bits per heavy atom. The number of rotatable bonds is 5. The molecule has 0 heterocycles. The Morgan fingerprint density at radius 2 is 1.94 bits per heavy atom. The first-order valence-corrected chi connectivity index (χ1v) is 4.91. The minimum absolute atomic E-state index is 0.428. The van der Waals surface area contributed by atoms with Gasteiger partial charge in [-0.3, -0.25) is 4.79 Å². The lowest BCUT2D eigenvalue weighted by atomic mass is 10.0. The highest BCUT2D eigenvalue weighted by atomic mass is 16.5. The lowest BCUT2D eigenvalue weighted by molar-refractivity contribution is -0.139. The SMILES string of the molecule is COc1ccc(CC(N)C(N)C(=O)O)cc1. The number of hydrogen-bond donors (Lipinski definition) is 3. The zero-order valence-electron chi connectivity index (χ0n) is 9.09. The average Bonchev–Trinajstić information content (AvgIpc) is 2.28. The number of carboxylic acids is 1. The molecule has 0 saturated carbocycles. The van der Waals surface area contributed by atoms with Crippen LogP contribution in [0.1, 0.15) is 5.56 Å². The molecule has 0 aliphatic rings. The first-order valence-electron chi connectivity index (χ1n) is 4.91. The van der Waals surface area contributed by atoms with Crippen molar-refractivity contribution in [2.24, 2.45) is 11.5 Å². The molecule has 0 aliphatic carbocycles. The van der Waals surface area contributed by atoms with Crippen LogP contribution in [-0.2, 0) is 11.2 Å². The molecule has 0 aromatic heterocycles. The van der Waals surface area contributed by atoms with Gasteiger partial charge in [0, 0.05) is 6.04 Å². The lowest BCUT2D eigenvalue weighted by Crippen LogP contribution is -2.48. The van der Waals surface area contributed by atoms with Crippen molar-refractivity contribution in [3.8, 4) is 5.75 Å². The van der Waals surface area contributed by atoms with E-state index in [0.717, 1.165) is 11.3 Å². The normalized spacial score (nSPS) is 14.2. The quantitative estimate of drug-likeness (QED) is 0.652. The number of benzene rings is 1. The van der Waals surface area contributed by atoms with Gasteiger partial charge in [0.1, 0.15) is 11.8 Å². The molecule has 5 N–H and O–H groups in total. The van der Waals surface area contributed by atoms with Gasteiger partial charge in [-0.1, -0.05) is 12.1 Å². The van der Waals surface area contributed by atoms with E-state index in [4.69, 9.17) is 21.3 Å². The minimum atomic E-state index is -1.08. The number of carbonyl (C=O) groups is 1. The van der Waals surface area contributed by atoms with Gasteiger partial charge in [0.05, 0.1) is 7.11 Å². The van der Waals surface area contributed by atoms with Crippen LogP contribution >= 0.6 is 0 Å². The van der Waals surface area contributed by atoms with Crippen molar-refractivity contribution in [2.45, 2.75) is 18.5 Å². The van der Waals surface area contributed by atoms with E-state index >= 15 is 0 Å². The van der Waals surface area contributed by atoms with Crippen LogP contribution in [0.3, 0.4) is 0 Å². The van der Waals surface area contributed by atoms with E-state index < -0.39 is 18.1 Å². The Morgan fingerprint density at radius 1 is 1.38 bits per heavy atom. The zero-order valence-corrected chi connectivity index (χ0v) is 9.09. The number of aliphatic carboxylic acids is 1. The van der Waals surface area contributed by atoms with Crippen LogP contribution in [0.5, 0.6) is 5.75 Å². The minimum Gasteiger partial charge on any atom is -0.497 e. The Bertz CT molecular complexity index is 351. The predicted molar refractivity (Wildman–Crippen MR) is 60.3 cm³/mol. The van der Waals surface area contributed by atoms with Crippen LogP contribution in [0.15, 0.2) is 24.3 Å². The third-order valence-electron chi connectivity index (χ3n) is 2.38. The van der Waals surface area contributed by atoms with Crippen molar-refractivity contribution in [1.29, 1.82) is 0 Å². The molecule has 16 heavy (non-hydrogen) atoms. The van der Waals surface area contributed by atoms with Gasteiger partial charge in [-0.25, -0.2) is 0 Å². The molecule has 0 spiro atoms. The summed E-state index contributed by atoms with van der Waals surface area (Å²) in [6.07, 6.45) is 0.428. The van der Waals surface area contributed by atoms with Crippen LogP contribution in [0.2, 0.25) is 0 Å². The van der Waals surface area contributed by atoms with E-state index in [1.165, 1.54) is 0 Å². The molecule has 0 aliphatic heterocycles. The third kappa shape index (κ3) is 3.22. The van der Waals surface area contributed by atoms with Gasteiger partial charge in [-0.15, -0.1) is 0 Å². The fourth-order valence-corrected chi connectivity index (χ4v) is 1.34. The van der Waals surface area contributed by atoms with E-state index in [1.807, 2.05) is 12.1 Å². The van der Waals surface area contributed by atoms with Crippen molar-refractivity contribution < 1.29 is 14.6 Å². The summed E-state index contributed by atoms with van der Waals surface area (Å²) in [7, 11) is 1.58. The topological polar surface area (TPSA) is 98.6 Å². The summed E-state index contributed by atoms with van der Waals surface area (Å²) in [5.74, 6) is -0.333. The Kier molecular flexibility index (Phi) is 4.28. The number of nitrogens with two attached hydrogens (primary N) is 2. The van der Waals surface area contributed by atoms with Crippen molar-refractivity contribution in [3.63, 3.8) is 0 Å². The van der Waals surface area contributed by atoms with Crippen molar-refractivity contribution >= 4 is 5.97 Å². The molecule has 5 heteroatoms. The molecule has 0 saturated heterocycles. The van der Waals surface area contributed by atoms with Crippen LogP contribution in [0.4, 0.5) is 0 Å². The summed E-state index contributed by atoms with van der Waals surface area (Å²) in [6, 6.07) is 5.65. The highest BCUT2D eigenvalue weighted by Gasteiger charge is 2.20. The molecule has 0 radical (unpaired) electrons. The molecule has 1 aromatic rings. The number of carboxylic acid groups (broad SMARTS) is 1. The first kappa shape index (κ1) is 12.5. The second kappa shape index (κ2) is 5.48. The van der Waals surface area contributed by atoms with Crippen LogP contribution in [-0.4, -0.2) is 30.3 Å². The predicted octanol–water partition coefficient (Wildman–Crippen LogP) is -0.0231. The van der Waals surface area contributed by atoms with Crippen LogP contribution in [0, 0.1) is 0 Å². The summed E-state index contributed by atoms with van der Waals surface area (Å²) >= 11 is 0. The lowest BCUT2D eigenvalue weighted by Gasteiger charge is -2.15. The smallest absolute Gasteiger partial charge is 0.322 e. The van der Waals surface area contributed by atoms with Crippen LogP contribution < -0.4 is 16.2 Å². The number of methoxy groups -OCH3 is 1. The Hall–Kier alpha value is -1.59. The standard InChI is InChI=1S/C11H16N2O3/c1-16-8-4-2-7(3-5-8)6-9(12)10(13)11(14)15/h2-5,9-10H,6,12-13H2,1H3,(H,14,15). The van der Waals surface area contributed by atoms with Gasteiger partial charge >= 0.3 is 5.97 Å². The van der Waals surface area contributed by atoms with Crippen molar-refractivity contribution in [2.75, 3.05) is 7.11 Å². The first-order chi connectivity index (χ1) is 7.54. The van der Waals surface area contributed by atoms with Gasteiger partial charge < -0.3 is 21.3 Å². The molecule has 0 bridgehead atoms. The zero-order chi connectivity index (χ0) is 12.1. The summed E-state index contributed by atoms with van der Waals surface area (Å²) in [5, 5.41) is 8.69. The molecule has 0 fully saturated rings. The summed E-state index contributed by atoms with van der Waals surface area (Å²) in [5.41, 5.74) is 12.0. The highest BCUT2D eigenvalue weighted by molar-refractivity contribution is 5.74. The van der Waals surface area contributed by atoms with Gasteiger partial charge in [0.15, 0.2) is 0 Å². The third-order valence-corrected chi connectivity index (χ3v) is 2.38. The summed E-state index contributed by atoms with van der Waals surface area (Å²) in [6.45, 7) is 0. The molecule has 2 atom stereocenters. The Labute approximate surface area is 94.0 Å². The van der Waals surface area contributed by atoms with E-state index in [-0.39, 0.29) is 0 Å². The maximum atomic E-state index is 10.6. The van der Waals surface area contributed by atoms with E-state index in [2.05, 4.69) is 0 Å². The van der Waals surface area contributed by atoms with Gasteiger partial charge in [-0.2, -0.15) is 0 Å². The second-order valence-electron chi connectivity index (χ2n) is 3.58.